The van der Waals surface area contributed by atoms with E-state index in [-0.39, 0.29) is 12.4 Å². The van der Waals surface area contributed by atoms with Gasteiger partial charge in [-0.05, 0) is 44.0 Å². The van der Waals surface area contributed by atoms with E-state index in [1.807, 2.05) is 6.07 Å². The van der Waals surface area contributed by atoms with Crippen LogP contribution in [0.3, 0.4) is 0 Å². The van der Waals surface area contributed by atoms with Gasteiger partial charge in [0.1, 0.15) is 12.4 Å². The summed E-state index contributed by atoms with van der Waals surface area (Å²) in [6, 6.07) is 5.66. The maximum atomic E-state index is 13.6. The summed E-state index contributed by atoms with van der Waals surface area (Å²) in [6.07, 6.45) is 3.77. The molecule has 0 aliphatic carbocycles. The van der Waals surface area contributed by atoms with Gasteiger partial charge in [-0.25, -0.2) is 4.39 Å². The zero-order chi connectivity index (χ0) is 13.7. The number of piperidine rings is 1. The van der Waals surface area contributed by atoms with Gasteiger partial charge in [-0.15, -0.1) is 0 Å². The zero-order valence-electron chi connectivity index (χ0n) is 11.3. The summed E-state index contributed by atoms with van der Waals surface area (Å²) in [5.41, 5.74) is 1.45. The maximum absolute atomic E-state index is 13.6. The monoisotopic (exact) mass is 261 g/mol. The lowest BCUT2D eigenvalue weighted by molar-refractivity contribution is 0.152. The minimum Gasteiger partial charge on any atom is -0.384 e. The molecule has 0 spiro atoms. The number of aliphatic hydroxyl groups excluding tert-OH is 1. The van der Waals surface area contributed by atoms with Crippen LogP contribution in [0.5, 0.6) is 0 Å². The van der Waals surface area contributed by atoms with Gasteiger partial charge in [0.15, 0.2) is 0 Å². The molecule has 0 saturated carbocycles. The van der Waals surface area contributed by atoms with Gasteiger partial charge >= 0.3 is 0 Å². The molecule has 0 amide bonds. The Labute approximate surface area is 114 Å². The Morgan fingerprint density at radius 2 is 2.26 bits per heavy atom. The van der Waals surface area contributed by atoms with E-state index >= 15 is 0 Å². The van der Waals surface area contributed by atoms with Crippen LogP contribution in [0.1, 0.15) is 37.3 Å². The summed E-state index contributed by atoms with van der Waals surface area (Å²) in [7, 11) is 0. The molecule has 0 bridgehead atoms. The van der Waals surface area contributed by atoms with Crippen LogP contribution in [-0.4, -0.2) is 29.2 Å². The zero-order valence-corrected chi connectivity index (χ0v) is 11.3. The lowest BCUT2D eigenvalue weighted by Crippen LogP contribution is -2.36. The fourth-order valence-electron chi connectivity index (χ4n) is 2.53. The van der Waals surface area contributed by atoms with Crippen LogP contribution in [0.15, 0.2) is 18.2 Å². The second kappa shape index (κ2) is 6.70. The number of benzene rings is 1. The molecule has 1 heterocycles. The normalized spacial score (nSPS) is 19.8. The topological polar surface area (TPSA) is 23.5 Å². The number of nitrogens with zero attached hydrogens (tertiary/aromatic N) is 1. The van der Waals surface area contributed by atoms with E-state index in [2.05, 4.69) is 23.7 Å². The molecule has 1 aromatic carbocycles. The molecule has 3 heteroatoms. The number of rotatable bonds is 2. The van der Waals surface area contributed by atoms with Crippen molar-refractivity contribution < 1.29 is 9.50 Å². The molecule has 1 unspecified atom stereocenters. The molecule has 1 atom stereocenters. The first-order valence-electron chi connectivity index (χ1n) is 6.83. The Morgan fingerprint density at radius 3 is 3.00 bits per heavy atom. The molecular formula is C16H20FNO. The molecule has 0 aromatic heterocycles. The minimum absolute atomic E-state index is 0.243. The predicted octanol–water partition coefficient (Wildman–Crippen LogP) is 2.54. The van der Waals surface area contributed by atoms with E-state index in [0.717, 1.165) is 18.7 Å². The van der Waals surface area contributed by atoms with E-state index in [4.69, 9.17) is 5.11 Å². The van der Waals surface area contributed by atoms with E-state index in [1.165, 1.54) is 25.3 Å². The Hall–Kier alpha value is -1.37. The molecule has 1 aliphatic rings. The van der Waals surface area contributed by atoms with E-state index < -0.39 is 0 Å². The molecule has 0 radical (unpaired) electrons. The van der Waals surface area contributed by atoms with Crippen molar-refractivity contribution in [3.8, 4) is 11.8 Å². The largest absolute Gasteiger partial charge is 0.384 e. The third-order valence-corrected chi connectivity index (χ3v) is 3.66. The summed E-state index contributed by atoms with van der Waals surface area (Å²) in [4.78, 5) is 2.43. The predicted molar refractivity (Wildman–Crippen MR) is 74.1 cm³/mol. The third-order valence-electron chi connectivity index (χ3n) is 3.66. The van der Waals surface area contributed by atoms with Crippen LogP contribution in [-0.2, 0) is 6.54 Å². The molecule has 102 valence electrons. The Balaban J connectivity index is 2.12. The van der Waals surface area contributed by atoms with Crippen molar-refractivity contribution in [2.45, 2.75) is 38.8 Å². The standard InChI is InChI=1S/C16H20FNO/c1-13-5-2-3-9-18(13)12-14-7-8-16(17)15(11-14)6-4-10-19/h7-8,11,13,19H,2-3,5,9-10,12H2,1H3. The van der Waals surface area contributed by atoms with Gasteiger partial charge < -0.3 is 5.11 Å². The average molecular weight is 261 g/mol. The van der Waals surface area contributed by atoms with Crippen molar-refractivity contribution in [3.05, 3.63) is 35.1 Å². The van der Waals surface area contributed by atoms with Gasteiger partial charge in [0.05, 0.1) is 5.56 Å². The van der Waals surface area contributed by atoms with Gasteiger partial charge in [0, 0.05) is 12.6 Å². The first kappa shape index (κ1) is 14.0. The lowest BCUT2D eigenvalue weighted by atomic mass is 10.0. The van der Waals surface area contributed by atoms with Gasteiger partial charge in [-0.2, -0.15) is 0 Å². The van der Waals surface area contributed by atoms with E-state index in [0.29, 0.717) is 11.6 Å². The summed E-state index contributed by atoms with van der Waals surface area (Å²) in [6.45, 7) is 3.95. The smallest absolute Gasteiger partial charge is 0.138 e. The first-order valence-corrected chi connectivity index (χ1v) is 6.83. The van der Waals surface area contributed by atoms with Gasteiger partial charge in [-0.1, -0.05) is 24.3 Å². The van der Waals surface area contributed by atoms with E-state index in [1.54, 1.807) is 6.07 Å². The molecule has 1 saturated heterocycles. The molecule has 2 nitrogen and oxygen atoms in total. The van der Waals surface area contributed by atoms with Gasteiger partial charge in [-0.3, -0.25) is 4.90 Å². The molecular weight excluding hydrogens is 241 g/mol. The number of aliphatic hydroxyl groups is 1. The Bertz CT molecular complexity index is 489. The lowest BCUT2D eigenvalue weighted by Gasteiger charge is -2.33. The van der Waals surface area contributed by atoms with Crippen LogP contribution in [0.2, 0.25) is 0 Å². The fraction of sp³-hybridized carbons (Fsp3) is 0.500. The Morgan fingerprint density at radius 1 is 1.42 bits per heavy atom. The summed E-state index contributed by atoms with van der Waals surface area (Å²) in [5, 5.41) is 8.68. The van der Waals surface area contributed by atoms with Gasteiger partial charge in [0.2, 0.25) is 0 Å². The van der Waals surface area contributed by atoms with Crippen LogP contribution in [0.4, 0.5) is 4.39 Å². The highest BCUT2D eigenvalue weighted by Crippen LogP contribution is 2.20. The number of likely N-dealkylation sites (tertiary alicyclic amines) is 1. The summed E-state index contributed by atoms with van der Waals surface area (Å²) >= 11 is 0. The van der Waals surface area contributed by atoms with Crippen molar-refractivity contribution in [1.29, 1.82) is 0 Å². The van der Waals surface area contributed by atoms with Gasteiger partial charge in [0.25, 0.3) is 0 Å². The van der Waals surface area contributed by atoms with Crippen molar-refractivity contribution in [1.82, 2.24) is 4.90 Å². The highest BCUT2D eigenvalue weighted by Gasteiger charge is 2.18. The summed E-state index contributed by atoms with van der Waals surface area (Å²) < 4.78 is 13.6. The second-order valence-corrected chi connectivity index (χ2v) is 5.09. The molecule has 1 aliphatic heterocycles. The number of hydrogen-bond acceptors (Lipinski definition) is 2. The van der Waals surface area contributed by atoms with Crippen LogP contribution < -0.4 is 0 Å². The highest BCUT2D eigenvalue weighted by atomic mass is 19.1. The van der Waals surface area contributed by atoms with Crippen molar-refractivity contribution in [3.63, 3.8) is 0 Å². The average Bonchev–Trinajstić information content (AvgIpc) is 2.42. The minimum atomic E-state index is -0.323. The quantitative estimate of drug-likeness (QED) is 0.827. The highest BCUT2D eigenvalue weighted by molar-refractivity contribution is 5.38. The fourth-order valence-corrected chi connectivity index (χ4v) is 2.53. The number of halogens is 1. The first-order chi connectivity index (χ1) is 9.20. The second-order valence-electron chi connectivity index (χ2n) is 5.09. The van der Waals surface area contributed by atoms with Crippen molar-refractivity contribution >= 4 is 0 Å². The van der Waals surface area contributed by atoms with Crippen LogP contribution >= 0.6 is 0 Å². The Kier molecular flexibility index (Phi) is 4.95. The third kappa shape index (κ3) is 3.79. The molecule has 2 rings (SSSR count). The molecule has 1 fully saturated rings. The number of hydrogen-bond donors (Lipinski definition) is 1. The summed E-state index contributed by atoms with van der Waals surface area (Å²) in [5.74, 6) is 4.83. The molecule has 1 N–H and O–H groups in total. The van der Waals surface area contributed by atoms with Crippen LogP contribution in [0.25, 0.3) is 0 Å². The molecule has 1 aromatic rings. The SMILES string of the molecule is CC1CCCCN1Cc1ccc(F)c(C#CCO)c1. The van der Waals surface area contributed by atoms with Crippen LogP contribution in [0, 0.1) is 17.7 Å². The van der Waals surface area contributed by atoms with Crippen molar-refractivity contribution in [2.24, 2.45) is 0 Å². The maximum Gasteiger partial charge on any atom is 0.138 e. The van der Waals surface area contributed by atoms with E-state index in [9.17, 15) is 4.39 Å². The molecule has 19 heavy (non-hydrogen) atoms. The van der Waals surface area contributed by atoms with Crippen molar-refractivity contribution in [2.75, 3.05) is 13.2 Å².